The van der Waals surface area contributed by atoms with Gasteiger partial charge in [0, 0.05) is 19.2 Å². The van der Waals surface area contributed by atoms with Crippen LogP contribution in [0.3, 0.4) is 0 Å². The molecule has 7 heteroatoms. The van der Waals surface area contributed by atoms with Crippen molar-refractivity contribution in [1.29, 1.82) is 0 Å². The van der Waals surface area contributed by atoms with E-state index in [4.69, 9.17) is 0 Å². The van der Waals surface area contributed by atoms with Gasteiger partial charge in [0.25, 0.3) is 5.69 Å². The number of oxime groups is 1. The second kappa shape index (κ2) is 5.44. The maximum Gasteiger partial charge on any atom is 0.433 e. The Morgan fingerprint density at radius 3 is 2.62 bits per heavy atom. The fraction of sp³-hybridized carbons (Fsp3) is 0.111. The summed E-state index contributed by atoms with van der Waals surface area (Å²) >= 11 is 0. The fourth-order valence-electron chi connectivity index (χ4n) is 0.863. The molecule has 0 saturated heterocycles. The predicted octanol–water partition coefficient (Wildman–Crippen LogP) is 1.28. The van der Waals surface area contributed by atoms with E-state index in [-0.39, 0.29) is 5.69 Å². The van der Waals surface area contributed by atoms with E-state index in [0.29, 0.717) is 5.56 Å². The van der Waals surface area contributed by atoms with Gasteiger partial charge in [-0.3, -0.25) is 15.0 Å². The summed E-state index contributed by atoms with van der Waals surface area (Å²) in [6, 6.07) is 5.66. The molecular weight excluding hydrogens is 214 g/mol. The van der Waals surface area contributed by atoms with Crippen molar-refractivity contribution in [2.75, 3.05) is 7.05 Å². The zero-order chi connectivity index (χ0) is 12.0. The van der Waals surface area contributed by atoms with Crippen LogP contribution in [0.15, 0.2) is 29.4 Å². The van der Waals surface area contributed by atoms with Crippen molar-refractivity contribution in [3.8, 4) is 0 Å². The first-order chi connectivity index (χ1) is 7.63. The van der Waals surface area contributed by atoms with E-state index in [0.717, 1.165) is 0 Å². The monoisotopic (exact) mass is 223 g/mol. The maximum atomic E-state index is 10.6. The van der Waals surface area contributed by atoms with Gasteiger partial charge >= 0.3 is 6.09 Å². The van der Waals surface area contributed by atoms with Gasteiger partial charge in [-0.25, -0.2) is 4.79 Å². The minimum absolute atomic E-state index is 0.00984. The van der Waals surface area contributed by atoms with Gasteiger partial charge in [-0.15, -0.1) is 0 Å². The predicted molar refractivity (Wildman–Crippen MR) is 56.2 cm³/mol. The first kappa shape index (κ1) is 11.6. The van der Waals surface area contributed by atoms with Crippen LogP contribution in [0.2, 0.25) is 0 Å². The van der Waals surface area contributed by atoms with Crippen LogP contribution in [0.25, 0.3) is 0 Å². The van der Waals surface area contributed by atoms with Crippen molar-refractivity contribution in [2.24, 2.45) is 5.16 Å². The minimum atomic E-state index is -0.682. The topological polar surface area (TPSA) is 93.8 Å². The summed E-state index contributed by atoms with van der Waals surface area (Å²) in [5, 5.41) is 15.9. The van der Waals surface area contributed by atoms with Crippen LogP contribution in [0.4, 0.5) is 10.5 Å². The fourth-order valence-corrected chi connectivity index (χ4v) is 0.863. The van der Waals surface area contributed by atoms with E-state index in [2.05, 4.69) is 15.3 Å². The van der Waals surface area contributed by atoms with Gasteiger partial charge in [-0.2, -0.15) is 0 Å². The third-order valence-electron chi connectivity index (χ3n) is 1.65. The molecule has 0 fully saturated rings. The number of benzene rings is 1. The molecule has 0 unspecified atom stereocenters. The molecule has 0 saturated carbocycles. The van der Waals surface area contributed by atoms with E-state index in [1.165, 1.54) is 37.5 Å². The molecule has 0 aliphatic rings. The lowest BCUT2D eigenvalue weighted by Gasteiger charge is -1.94. The van der Waals surface area contributed by atoms with E-state index >= 15 is 0 Å². The Labute approximate surface area is 90.9 Å². The molecule has 0 spiro atoms. The van der Waals surface area contributed by atoms with Crippen molar-refractivity contribution >= 4 is 18.0 Å². The van der Waals surface area contributed by atoms with E-state index in [9.17, 15) is 14.9 Å². The number of hydrogen-bond donors (Lipinski definition) is 1. The highest BCUT2D eigenvalue weighted by molar-refractivity contribution is 5.80. The van der Waals surface area contributed by atoms with Gasteiger partial charge in [0.2, 0.25) is 0 Å². The molecule has 7 nitrogen and oxygen atoms in total. The zero-order valence-electron chi connectivity index (χ0n) is 8.41. The number of carbonyl (C=O) groups is 1. The smallest absolute Gasteiger partial charge is 0.323 e. The lowest BCUT2D eigenvalue weighted by Crippen LogP contribution is -2.16. The molecule has 1 aromatic rings. The Bertz CT molecular complexity index is 413. The molecule has 1 amide bonds. The van der Waals surface area contributed by atoms with Crippen LogP contribution in [-0.2, 0) is 4.84 Å². The molecule has 0 atom stereocenters. The molecule has 0 radical (unpaired) electrons. The number of hydrogen-bond acceptors (Lipinski definition) is 5. The maximum absolute atomic E-state index is 10.6. The van der Waals surface area contributed by atoms with Crippen molar-refractivity contribution < 1.29 is 14.6 Å². The highest BCUT2D eigenvalue weighted by Crippen LogP contribution is 2.10. The Balaban J connectivity index is 2.61. The number of amides is 1. The number of rotatable bonds is 3. The van der Waals surface area contributed by atoms with Gasteiger partial charge < -0.3 is 5.32 Å². The second-order valence-electron chi connectivity index (χ2n) is 2.71. The summed E-state index contributed by atoms with van der Waals surface area (Å²) < 4.78 is 0. The van der Waals surface area contributed by atoms with Gasteiger partial charge in [-0.1, -0.05) is 5.16 Å². The molecule has 1 aromatic carbocycles. The summed E-state index contributed by atoms with van der Waals surface area (Å²) in [5.41, 5.74) is 0.582. The van der Waals surface area contributed by atoms with Crippen LogP contribution >= 0.6 is 0 Å². The molecule has 0 bridgehead atoms. The third kappa shape index (κ3) is 3.37. The van der Waals surface area contributed by atoms with Crippen LogP contribution in [0.5, 0.6) is 0 Å². The normalized spacial score (nSPS) is 10.1. The molecule has 0 aliphatic heterocycles. The van der Waals surface area contributed by atoms with Crippen LogP contribution in [0.1, 0.15) is 5.56 Å². The van der Waals surface area contributed by atoms with Gasteiger partial charge in [-0.05, 0) is 17.7 Å². The van der Waals surface area contributed by atoms with Gasteiger partial charge in [0.1, 0.15) is 0 Å². The molecule has 1 N–H and O–H groups in total. The lowest BCUT2D eigenvalue weighted by atomic mass is 10.2. The zero-order valence-corrected chi connectivity index (χ0v) is 8.41. The molecule has 0 heterocycles. The largest absolute Gasteiger partial charge is 0.433 e. The lowest BCUT2D eigenvalue weighted by molar-refractivity contribution is -0.384. The number of non-ortho nitro benzene ring substituents is 1. The average Bonchev–Trinajstić information content (AvgIpc) is 2.29. The van der Waals surface area contributed by atoms with Gasteiger partial charge in [0.05, 0.1) is 11.1 Å². The van der Waals surface area contributed by atoms with E-state index < -0.39 is 11.0 Å². The number of nitrogens with one attached hydrogen (secondary N) is 1. The summed E-state index contributed by atoms with van der Waals surface area (Å²) in [5.74, 6) is 0. The van der Waals surface area contributed by atoms with Crippen molar-refractivity contribution in [1.82, 2.24) is 5.32 Å². The van der Waals surface area contributed by atoms with E-state index in [1.54, 1.807) is 0 Å². The molecule has 1 rings (SSSR count). The number of nitrogens with zero attached hydrogens (tertiary/aromatic N) is 2. The summed E-state index contributed by atoms with van der Waals surface area (Å²) in [4.78, 5) is 24.8. The standard InChI is InChI=1S/C9H9N3O4/c1-10-9(13)16-11-6-7-2-4-8(5-3-7)12(14)15/h2-6H,1H3,(H,10,13)/b11-6+. The quantitative estimate of drug-likeness (QED) is 0.361. The molecule has 84 valence electrons. The Hall–Kier alpha value is -2.44. The van der Waals surface area contributed by atoms with Crippen LogP contribution < -0.4 is 5.32 Å². The molecule has 0 aromatic heterocycles. The highest BCUT2D eigenvalue weighted by atomic mass is 16.7. The minimum Gasteiger partial charge on any atom is -0.323 e. The number of nitro groups is 1. The number of carbonyl (C=O) groups excluding carboxylic acids is 1. The second-order valence-corrected chi connectivity index (χ2v) is 2.71. The van der Waals surface area contributed by atoms with Crippen LogP contribution in [-0.4, -0.2) is 24.3 Å². The SMILES string of the molecule is CNC(=O)O/N=C/c1ccc([N+](=O)[O-])cc1. The summed E-state index contributed by atoms with van der Waals surface area (Å²) in [7, 11) is 1.41. The Morgan fingerprint density at radius 2 is 2.12 bits per heavy atom. The van der Waals surface area contributed by atoms with Gasteiger partial charge in [0.15, 0.2) is 0 Å². The first-order valence-electron chi connectivity index (χ1n) is 4.30. The Kier molecular flexibility index (Phi) is 3.96. The van der Waals surface area contributed by atoms with Crippen molar-refractivity contribution in [2.45, 2.75) is 0 Å². The van der Waals surface area contributed by atoms with E-state index in [1.807, 2.05) is 0 Å². The average molecular weight is 223 g/mol. The van der Waals surface area contributed by atoms with Crippen molar-refractivity contribution in [3.63, 3.8) is 0 Å². The number of nitro benzene ring substituents is 1. The Morgan fingerprint density at radius 1 is 1.50 bits per heavy atom. The highest BCUT2D eigenvalue weighted by Gasteiger charge is 2.02. The third-order valence-corrected chi connectivity index (χ3v) is 1.65. The molecule has 0 aliphatic carbocycles. The summed E-state index contributed by atoms with van der Waals surface area (Å²) in [6.45, 7) is 0. The van der Waals surface area contributed by atoms with Crippen molar-refractivity contribution in [3.05, 3.63) is 39.9 Å². The first-order valence-corrected chi connectivity index (χ1v) is 4.30. The van der Waals surface area contributed by atoms with Crippen LogP contribution in [0, 0.1) is 10.1 Å². The molecule has 16 heavy (non-hydrogen) atoms. The summed E-state index contributed by atoms with van der Waals surface area (Å²) in [6.07, 6.45) is 0.594. The molecular formula is C9H9N3O4.